The molecule has 1 N–H and O–H groups in total. The van der Waals surface area contributed by atoms with E-state index in [9.17, 15) is 4.79 Å². The number of piperidine rings is 1. The summed E-state index contributed by atoms with van der Waals surface area (Å²) in [6, 6.07) is 6.14. The van der Waals surface area contributed by atoms with Gasteiger partial charge in [-0.3, -0.25) is 14.9 Å². The maximum atomic E-state index is 12.8. The van der Waals surface area contributed by atoms with E-state index >= 15 is 0 Å². The molecule has 140 valence electrons. The van der Waals surface area contributed by atoms with Crippen LogP contribution >= 0.6 is 0 Å². The second kappa shape index (κ2) is 7.32. The van der Waals surface area contributed by atoms with Crippen molar-refractivity contribution in [3.8, 4) is 16.9 Å². The largest absolute Gasteiger partial charge is 0.356 e. The Kier molecular flexibility index (Phi) is 4.72. The van der Waals surface area contributed by atoms with Crippen molar-refractivity contribution >= 4 is 5.82 Å². The molecular weight excluding hydrogens is 342 g/mol. The molecule has 0 radical (unpaired) electrons. The molecule has 1 aliphatic heterocycles. The summed E-state index contributed by atoms with van der Waals surface area (Å²) in [5, 5.41) is 3.00. The van der Waals surface area contributed by atoms with Gasteiger partial charge in [-0.25, -0.2) is 14.6 Å². The summed E-state index contributed by atoms with van der Waals surface area (Å²) in [4.78, 5) is 30.1. The van der Waals surface area contributed by atoms with Gasteiger partial charge in [-0.05, 0) is 33.0 Å². The number of pyridine rings is 1. The summed E-state index contributed by atoms with van der Waals surface area (Å²) >= 11 is 0. The van der Waals surface area contributed by atoms with E-state index in [0.29, 0.717) is 17.4 Å². The fraction of sp³-hybridized carbons (Fsp3) is 0.368. The predicted octanol–water partition coefficient (Wildman–Crippen LogP) is 1.55. The highest BCUT2D eigenvalue weighted by molar-refractivity contribution is 5.60. The lowest BCUT2D eigenvalue weighted by Crippen LogP contribution is -2.42. The van der Waals surface area contributed by atoms with Crippen molar-refractivity contribution in [3.05, 3.63) is 53.5 Å². The highest BCUT2D eigenvalue weighted by Crippen LogP contribution is 2.21. The molecule has 0 aromatic carbocycles. The molecule has 0 aliphatic carbocycles. The molecule has 0 atom stereocenters. The zero-order valence-corrected chi connectivity index (χ0v) is 15.5. The summed E-state index contributed by atoms with van der Waals surface area (Å²) in [5.41, 5.74) is 1.19. The minimum Gasteiger partial charge on any atom is -0.356 e. The van der Waals surface area contributed by atoms with Crippen LogP contribution in [0.1, 0.15) is 12.8 Å². The molecule has 0 bridgehead atoms. The van der Waals surface area contributed by atoms with Crippen LogP contribution in [-0.2, 0) is 0 Å². The second-order valence-corrected chi connectivity index (χ2v) is 6.99. The molecule has 0 unspecified atom stereocenters. The Morgan fingerprint density at radius 1 is 1.19 bits per heavy atom. The molecule has 8 heteroatoms. The topological polar surface area (TPSA) is 82.9 Å². The van der Waals surface area contributed by atoms with Gasteiger partial charge >= 0.3 is 0 Å². The quantitative estimate of drug-likeness (QED) is 0.755. The zero-order chi connectivity index (χ0) is 18.8. The maximum Gasteiger partial charge on any atom is 0.280 e. The van der Waals surface area contributed by atoms with Gasteiger partial charge in [0.15, 0.2) is 5.82 Å². The predicted molar refractivity (Wildman–Crippen MR) is 104 cm³/mol. The van der Waals surface area contributed by atoms with Crippen LogP contribution < -0.4 is 10.5 Å². The maximum absolute atomic E-state index is 12.8. The summed E-state index contributed by atoms with van der Waals surface area (Å²) in [7, 11) is 4.25. The van der Waals surface area contributed by atoms with E-state index in [-0.39, 0.29) is 5.56 Å². The van der Waals surface area contributed by atoms with Crippen molar-refractivity contribution in [2.45, 2.75) is 18.9 Å². The number of H-pyrrole nitrogens is 1. The van der Waals surface area contributed by atoms with E-state index in [1.54, 1.807) is 18.6 Å². The molecule has 0 amide bonds. The first-order valence-electron chi connectivity index (χ1n) is 9.08. The van der Waals surface area contributed by atoms with Gasteiger partial charge in [-0.2, -0.15) is 0 Å². The molecule has 1 saturated heterocycles. The van der Waals surface area contributed by atoms with Gasteiger partial charge in [0.25, 0.3) is 5.56 Å². The van der Waals surface area contributed by atoms with Crippen LogP contribution in [0.3, 0.4) is 0 Å². The average Bonchev–Trinajstić information content (AvgIpc) is 3.10. The van der Waals surface area contributed by atoms with E-state index in [1.807, 2.05) is 18.2 Å². The minimum absolute atomic E-state index is 0.154. The van der Waals surface area contributed by atoms with E-state index in [0.717, 1.165) is 37.3 Å². The molecule has 8 nitrogen and oxygen atoms in total. The van der Waals surface area contributed by atoms with Crippen LogP contribution in [0, 0.1) is 0 Å². The van der Waals surface area contributed by atoms with Crippen LogP contribution in [0.5, 0.6) is 0 Å². The van der Waals surface area contributed by atoms with Crippen LogP contribution in [0.2, 0.25) is 0 Å². The number of anilines is 1. The van der Waals surface area contributed by atoms with Gasteiger partial charge in [0.2, 0.25) is 0 Å². The molecule has 1 aliphatic rings. The third kappa shape index (κ3) is 3.48. The Hall–Kier alpha value is -3.00. The Balaban J connectivity index is 1.59. The summed E-state index contributed by atoms with van der Waals surface area (Å²) < 4.78 is 1.44. The van der Waals surface area contributed by atoms with Crippen LogP contribution in [0.4, 0.5) is 5.82 Å². The highest BCUT2D eigenvalue weighted by Gasteiger charge is 2.22. The number of nitrogens with zero attached hydrogens (tertiary/aromatic N) is 6. The highest BCUT2D eigenvalue weighted by atomic mass is 16.1. The third-order valence-corrected chi connectivity index (χ3v) is 5.13. The smallest absolute Gasteiger partial charge is 0.280 e. The lowest BCUT2D eigenvalue weighted by atomic mass is 10.0. The van der Waals surface area contributed by atoms with Crippen LogP contribution in [0.15, 0.2) is 47.9 Å². The van der Waals surface area contributed by atoms with E-state index in [4.69, 9.17) is 0 Å². The summed E-state index contributed by atoms with van der Waals surface area (Å²) in [6.07, 6.45) is 8.75. The fourth-order valence-corrected chi connectivity index (χ4v) is 3.51. The Morgan fingerprint density at radius 3 is 2.67 bits per heavy atom. The Labute approximate surface area is 157 Å². The number of aromatic nitrogens is 5. The first-order valence-corrected chi connectivity index (χ1v) is 9.08. The SMILES string of the molecule is CN(C)C1CCN(c2cc(-n3[nH]cc(-c4cccnc4)c3=O)ncn2)CC1. The van der Waals surface area contributed by atoms with Crippen molar-refractivity contribution in [2.24, 2.45) is 0 Å². The molecule has 1 fully saturated rings. The van der Waals surface area contributed by atoms with Gasteiger partial charge < -0.3 is 9.80 Å². The van der Waals surface area contributed by atoms with Gasteiger partial charge in [-0.1, -0.05) is 6.07 Å². The number of hydrogen-bond donors (Lipinski definition) is 1. The molecule has 4 rings (SSSR count). The van der Waals surface area contributed by atoms with Crippen molar-refractivity contribution in [1.82, 2.24) is 29.6 Å². The Bertz CT molecular complexity index is 955. The normalized spacial score (nSPS) is 15.4. The van der Waals surface area contributed by atoms with Gasteiger partial charge in [-0.15, -0.1) is 0 Å². The molecule has 3 aromatic heterocycles. The summed E-state index contributed by atoms with van der Waals surface area (Å²) in [6.45, 7) is 1.89. The molecule has 3 aromatic rings. The number of nitrogens with one attached hydrogen (secondary N) is 1. The monoisotopic (exact) mass is 365 g/mol. The molecule has 27 heavy (non-hydrogen) atoms. The zero-order valence-electron chi connectivity index (χ0n) is 15.5. The van der Waals surface area contributed by atoms with Crippen LogP contribution in [0.25, 0.3) is 16.9 Å². The molecule has 4 heterocycles. The average molecular weight is 365 g/mol. The molecular formula is C19H23N7O. The first kappa shape index (κ1) is 17.4. The van der Waals surface area contributed by atoms with Crippen LogP contribution in [-0.4, -0.2) is 62.9 Å². The van der Waals surface area contributed by atoms with E-state index in [1.165, 1.54) is 11.0 Å². The molecule has 0 saturated carbocycles. The number of aromatic amines is 1. The lowest BCUT2D eigenvalue weighted by Gasteiger charge is -2.35. The van der Waals surface area contributed by atoms with Gasteiger partial charge in [0.05, 0.1) is 5.56 Å². The lowest BCUT2D eigenvalue weighted by molar-refractivity contribution is 0.249. The Morgan fingerprint density at radius 2 is 1.96 bits per heavy atom. The minimum atomic E-state index is -0.154. The third-order valence-electron chi connectivity index (χ3n) is 5.13. The fourth-order valence-electron chi connectivity index (χ4n) is 3.51. The summed E-state index contributed by atoms with van der Waals surface area (Å²) in [5.74, 6) is 1.39. The van der Waals surface area contributed by atoms with Crippen molar-refractivity contribution in [3.63, 3.8) is 0 Å². The van der Waals surface area contributed by atoms with Gasteiger partial charge in [0, 0.05) is 49.4 Å². The van der Waals surface area contributed by atoms with Crippen molar-refractivity contribution < 1.29 is 0 Å². The van der Waals surface area contributed by atoms with E-state index in [2.05, 4.69) is 43.9 Å². The van der Waals surface area contributed by atoms with Gasteiger partial charge in [0.1, 0.15) is 12.1 Å². The standard InChI is InChI=1S/C19H23N7O/c1-24(2)15-5-8-25(9-6-15)17-10-18(22-13-21-17)26-19(27)16(12-23-26)14-4-3-7-20-11-14/h3-4,7,10-13,15,23H,5-6,8-9H2,1-2H3. The second-order valence-electron chi connectivity index (χ2n) is 6.99. The van der Waals surface area contributed by atoms with Crippen molar-refractivity contribution in [1.29, 1.82) is 0 Å². The molecule has 0 spiro atoms. The number of hydrogen-bond acceptors (Lipinski definition) is 6. The van der Waals surface area contributed by atoms with E-state index < -0.39 is 0 Å². The number of rotatable bonds is 4. The first-order chi connectivity index (χ1) is 13.1. The van der Waals surface area contributed by atoms with Crippen molar-refractivity contribution in [2.75, 3.05) is 32.1 Å².